The normalized spacial score (nSPS) is 19.3. The van der Waals surface area contributed by atoms with Crippen LogP contribution < -0.4 is 15.8 Å². The van der Waals surface area contributed by atoms with Gasteiger partial charge in [0.1, 0.15) is 11.9 Å². The number of hydrogen-bond acceptors (Lipinski definition) is 4. The lowest BCUT2D eigenvalue weighted by Gasteiger charge is -2.21. The molecular formula is C13H18N2O3. The third-order valence-electron chi connectivity index (χ3n) is 2.97. The Labute approximate surface area is 106 Å². The number of methoxy groups -OCH3 is 1. The Kier molecular flexibility index (Phi) is 4.04. The summed E-state index contributed by atoms with van der Waals surface area (Å²) < 4.78 is 10.5. The van der Waals surface area contributed by atoms with Crippen LogP contribution >= 0.6 is 0 Å². The van der Waals surface area contributed by atoms with Gasteiger partial charge < -0.3 is 20.5 Å². The molecule has 1 heterocycles. The molecule has 1 atom stereocenters. The summed E-state index contributed by atoms with van der Waals surface area (Å²) >= 11 is 0. The Morgan fingerprint density at radius 3 is 3.00 bits per heavy atom. The van der Waals surface area contributed by atoms with Crippen molar-refractivity contribution in [3.8, 4) is 5.75 Å². The number of amides is 1. The van der Waals surface area contributed by atoms with E-state index < -0.39 is 0 Å². The predicted octanol–water partition coefficient (Wildman–Crippen LogP) is 1.78. The van der Waals surface area contributed by atoms with Gasteiger partial charge in [0.05, 0.1) is 12.8 Å². The molecular weight excluding hydrogens is 232 g/mol. The zero-order valence-electron chi connectivity index (χ0n) is 10.4. The average Bonchev–Trinajstić information content (AvgIpc) is 2.42. The zero-order chi connectivity index (χ0) is 13.0. The van der Waals surface area contributed by atoms with Crippen molar-refractivity contribution in [1.82, 2.24) is 0 Å². The molecule has 1 unspecified atom stereocenters. The molecule has 1 aliphatic heterocycles. The molecule has 1 fully saturated rings. The Hall–Kier alpha value is -1.75. The van der Waals surface area contributed by atoms with Gasteiger partial charge in [0.2, 0.25) is 0 Å². The van der Waals surface area contributed by atoms with E-state index in [1.54, 1.807) is 25.3 Å². The molecule has 2 rings (SSSR count). The summed E-state index contributed by atoms with van der Waals surface area (Å²) in [6, 6.07) is 5.16. The molecule has 1 amide bonds. The number of hydrogen-bond donors (Lipinski definition) is 2. The van der Waals surface area contributed by atoms with E-state index in [-0.39, 0.29) is 12.0 Å². The monoisotopic (exact) mass is 250 g/mol. The third kappa shape index (κ3) is 2.92. The molecule has 3 N–H and O–H groups in total. The minimum Gasteiger partial charge on any atom is -0.495 e. The maximum Gasteiger partial charge on any atom is 0.253 e. The van der Waals surface area contributed by atoms with Crippen LogP contribution in [0.1, 0.15) is 19.3 Å². The summed E-state index contributed by atoms with van der Waals surface area (Å²) in [5.74, 6) is 0.443. The highest BCUT2D eigenvalue weighted by atomic mass is 16.5. The minimum atomic E-state index is -0.345. The van der Waals surface area contributed by atoms with Crippen molar-refractivity contribution < 1.29 is 14.3 Å². The van der Waals surface area contributed by atoms with Crippen LogP contribution in [0.4, 0.5) is 11.4 Å². The fourth-order valence-corrected chi connectivity index (χ4v) is 1.96. The van der Waals surface area contributed by atoms with Gasteiger partial charge in [0.15, 0.2) is 0 Å². The fourth-order valence-electron chi connectivity index (χ4n) is 1.96. The van der Waals surface area contributed by atoms with Crippen LogP contribution in [0.25, 0.3) is 0 Å². The molecule has 0 radical (unpaired) electrons. The van der Waals surface area contributed by atoms with Crippen LogP contribution in [-0.4, -0.2) is 25.7 Å². The van der Waals surface area contributed by atoms with Crippen LogP contribution in [0.2, 0.25) is 0 Å². The van der Waals surface area contributed by atoms with Crippen molar-refractivity contribution in [1.29, 1.82) is 0 Å². The van der Waals surface area contributed by atoms with Crippen LogP contribution in [0, 0.1) is 0 Å². The van der Waals surface area contributed by atoms with E-state index in [4.69, 9.17) is 15.2 Å². The van der Waals surface area contributed by atoms with E-state index in [1.165, 1.54) is 0 Å². The number of nitrogen functional groups attached to an aromatic ring is 1. The Balaban J connectivity index is 2.02. The number of rotatable bonds is 3. The molecule has 1 saturated heterocycles. The van der Waals surface area contributed by atoms with E-state index in [0.29, 0.717) is 23.7 Å². The smallest absolute Gasteiger partial charge is 0.253 e. The molecule has 1 aromatic carbocycles. The first-order valence-corrected chi connectivity index (χ1v) is 6.06. The van der Waals surface area contributed by atoms with Crippen LogP contribution in [0.3, 0.4) is 0 Å². The highest BCUT2D eigenvalue weighted by Crippen LogP contribution is 2.25. The quantitative estimate of drug-likeness (QED) is 0.802. The summed E-state index contributed by atoms with van der Waals surface area (Å²) in [6.45, 7) is 0.656. The van der Waals surface area contributed by atoms with Crippen molar-refractivity contribution in [3.05, 3.63) is 18.2 Å². The largest absolute Gasteiger partial charge is 0.495 e. The second-order valence-corrected chi connectivity index (χ2v) is 4.30. The van der Waals surface area contributed by atoms with Gasteiger partial charge in [0, 0.05) is 18.4 Å². The van der Waals surface area contributed by atoms with E-state index >= 15 is 0 Å². The van der Waals surface area contributed by atoms with E-state index in [0.717, 1.165) is 19.3 Å². The second kappa shape index (κ2) is 5.73. The number of nitrogens with two attached hydrogens (primary N) is 1. The molecule has 1 aromatic rings. The number of ether oxygens (including phenoxy) is 2. The number of carbonyl (C=O) groups excluding carboxylic acids is 1. The number of benzene rings is 1. The minimum absolute atomic E-state index is 0.110. The summed E-state index contributed by atoms with van der Waals surface area (Å²) in [7, 11) is 1.54. The maximum absolute atomic E-state index is 11.9. The number of anilines is 2. The summed E-state index contributed by atoms with van der Waals surface area (Å²) in [5.41, 5.74) is 6.92. The van der Waals surface area contributed by atoms with Gasteiger partial charge in [-0.05, 0) is 31.4 Å². The van der Waals surface area contributed by atoms with Crippen LogP contribution in [-0.2, 0) is 9.53 Å². The third-order valence-corrected chi connectivity index (χ3v) is 2.97. The lowest BCUT2D eigenvalue weighted by atomic mass is 10.1. The van der Waals surface area contributed by atoms with E-state index in [9.17, 15) is 4.79 Å². The average molecular weight is 250 g/mol. The molecule has 5 nitrogen and oxygen atoms in total. The maximum atomic E-state index is 11.9. The van der Waals surface area contributed by atoms with Crippen molar-refractivity contribution in [3.63, 3.8) is 0 Å². The van der Waals surface area contributed by atoms with Crippen LogP contribution in [0.5, 0.6) is 5.75 Å². The van der Waals surface area contributed by atoms with E-state index in [2.05, 4.69) is 5.32 Å². The molecule has 0 spiro atoms. The van der Waals surface area contributed by atoms with Gasteiger partial charge >= 0.3 is 0 Å². The molecule has 0 saturated carbocycles. The highest BCUT2D eigenvalue weighted by molar-refractivity contribution is 5.94. The Bertz CT molecular complexity index is 428. The molecule has 1 aliphatic rings. The lowest BCUT2D eigenvalue weighted by molar-refractivity contribution is -0.129. The van der Waals surface area contributed by atoms with Gasteiger partial charge in [-0.1, -0.05) is 0 Å². The molecule has 0 bridgehead atoms. The SMILES string of the molecule is COc1cc(NC(=O)C2CCCCO2)ccc1N. The molecule has 5 heteroatoms. The van der Waals surface area contributed by atoms with E-state index in [1.807, 2.05) is 0 Å². The summed E-state index contributed by atoms with van der Waals surface area (Å²) in [6.07, 6.45) is 2.49. The standard InChI is InChI=1S/C13H18N2O3/c1-17-12-8-9(5-6-10(12)14)15-13(16)11-4-2-3-7-18-11/h5-6,8,11H,2-4,7,14H2,1H3,(H,15,16). The lowest BCUT2D eigenvalue weighted by Crippen LogP contribution is -2.33. The molecule has 98 valence electrons. The van der Waals surface area contributed by atoms with Crippen molar-refractivity contribution in [2.75, 3.05) is 24.8 Å². The van der Waals surface area contributed by atoms with Gasteiger partial charge in [0.25, 0.3) is 5.91 Å². The first-order valence-electron chi connectivity index (χ1n) is 6.06. The molecule has 0 aliphatic carbocycles. The topological polar surface area (TPSA) is 73.6 Å². The summed E-state index contributed by atoms with van der Waals surface area (Å²) in [5, 5.41) is 2.81. The Morgan fingerprint density at radius 1 is 1.50 bits per heavy atom. The molecule has 0 aromatic heterocycles. The summed E-state index contributed by atoms with van der Waals surface area (Å²) in [4.78, 5) is 11.9. The first kappa shape index (κ1) is 12.7. The molecule has 18 heavy (non-hydrogen) atoms. The predicted molar refractivity (Wildman–Crippen MR) is 69.6 cm³/mol. The zero-order valence-corrected chi connectivity index (χ0v) is 10.4. The van der Waals surface area contributed by atoms with Gasteiger partial charge in [-0.25, -0.2) is 0 Å². The number of nitrogens with one attached hydrogen (secondary N) is 1. The fraction of sp³-hybridized carbons (Fsp3) is 0.462. The number of carbonyl (C=O) groups is 1. The highest BCUT2D eigenvalue weighted by Gasteiger charge is 2.22. The second-order valence-electron chi connectivity index (χ2n) is 4.30. The Morgan fingerprint density at radius 2 is 2.33 bits per heavy atom. The van der Waals surface area contributed by atoms with Gasteiger partial charge in [-0.15, -0.1) is 0 Å². The van der Waals surface area contributed by atoms with Crippen LogP contribution in [0.15, 0.2) is 18.2 Å². The first-order chi connectivity index (χ1) is 8.70. The van der Waals surface area contributed by atoms with Crippen molar-refractivity contribution in [2.45, 2.75) is 25.4 Å². The van der Waals surface area contributed by atoms with Crippen molar-refractivity contribution >= 4 is 17.3 Å². The van der Waals surface area contributed by atoms with Crippen molar-refractivity contribution in [2.24, 2.45) is 0 Å². The van der Waals surface area contributed by atoms with Gasteiger partial charge in [-0.2, -0.15) is 0 Å². The van der Waals surface area contributed by atoms with Gasteiger partial charge in [-0.3, -0.25) is 4.79 Å².